The van der Waals surface area contributed by atoms with E-state index in [4.69, 9.17) is 11.5 Å². The van der Waals surface area contributed by atoms with E-state index in [1.54, 1.807) is 0 Å². The van der Waals surface area contributed by atoms with Crippen LogP contribution in [0.3, 0.4) is 0 Å². The fourth-order valence-electron chi connectivity index (χ4n) is 7.23. The number of nitrogens with two attached hydrogens (primary N) is 2. The van der Waals surface area contributed by atoms with E-state index in [9.17, 15) is 47.9 Å². The molecule has 3 saturated heterocycles. The summed E-state index contributed by atoms with van der Waals surface area (Å²) in [5, 5.41) is 17.6. The van der Waals surface area contributed by atoms with E-state index in [1.807, 2.05) is 13.8 Å². The third kappa shape index (κ3) is 14.2. The molecule has 3 rings (SSSR count). The predicted octanol–water partition coefficient (Wildman–Crippen LogP) is -3.85. The van der Waals surface area contributed by atoms with Gasteiger partial charge in [-0.15, -0.1) is 0 Å². The van der Waals surface area contributed by atoms with E-state index in [2.05, 4.69) is 42.2 Å². The summed E-state index contributed by atoms with van der Waals surface area (Å²) in [5.74, 6) is -7.11. The highest BCUT2D eigenvalue weighted by molar-refractivity contribution is 5.99. The number of Topliss-reactive ketones (excluding diaryl/α,β-unsaturated/α-hetero) is 1. The van der Waals surface area contributed by atoms with Crippen molar-refractivity contribution in [2.24, 2.45) is 22.4 Å². The Kier molecular flexibility index (Phi) is 18.2. The number of rotatable bonds is 8. The fraction of sp³-hybridized carbons (Fsp3) is 0.711. The Labute approximate surface area is 349 Å². The van der Waals surface area contributed by atoms with Crippen molar-refractivity contribution in [2.45, 2.75) is 141 Å². The van der Waals surface area contributed by atoms with E-state index < -0.39 is 120 Å². The zero-order valence-corrected chi connectivity index (χ0v) is 35.3. The first-order valence-corrected chi connectivity index (χ1v) is 20.4. The first kappa shape index (κ1) is 48.5. The molecule has 22 nitrogen and oxygen atoms in total. The highest BCUT2D eigenvalue weighted by atomic mass is 16.2. The Hall–Kier alpha value is -5.83. The lowest BCUT2D eigenvalue weighted by Gasteiger charge is -2.34. The molecule has 334 valence electrons. The molecule has 11 N–H and O–H groups in total. The van der Waals surface area contributed by atoms with Crippen molar-refractivity contribution >= 4 is 64.9 Å². The van der Waals surface area contributed by atoms with Gasteiger partial charge in [-0.1, -0.05) is 13.8 Å². The van der Waals surface area contributed by atoms with Gasteiger partial charge in [0.1, 0.15) is 54.1 Å². The molecule has 22 heteroatoms. The van der Waals surface area contributed by atoms with Gasteiger partial charge in [0, 0.05) is 26.1 Å². The van der Waals surface area contributed by atoms with Gasteiger partial charge < -0.3 is 58.5 Å². The molecule has 0 aromatic carbocycles. The van der Waals surface area contributed by atoms with Crippen molar-refractivity contribution in [3.63, 3.8) is 0 Å². The van der Waals surface area contributed by atoms with Crippen molar-refractivity contribution in [3.05, 3.63) is 0 Å². The van der Waals surface area contributed by atoms with Gasteiger partial charge in [-0.25, -0.2) is 0 Å². The van der Waals surface area contributed by atoms with Crippen LogP contribution >= 0.6 is 0 Å². The predicted molar refractivity (Wildman–Crippen MR) is 216 cm³/mol. The minimum atomic E-state index is -1.44. The monoisotopic (exact) mass is 846 g/mol. The summed E-state index contributed by atoms with van der Waals surface area (Å²) in [5.41, 5.74) is 10.8. The third-order valence-corrected chi connectivity index (χ3v) is 10.4. The fourth-order valence-corrected chi connectivity index (χ4v) is 7.23. The van der Waals surface area contributed by atoms with Gasteiger partial charge >= 0.3 is 0 Å². The molecule has 0 bridgehead atoms. The van der Waals surface area contributed by atoms with Crippen LogP contribution in [-0.2, 0) is 47.9 Å². The number of carbonyl (C=O) groups is 10. The van der Waals surface area contributed by atoms with Gasteiger partial charge in [0.2, 0.25) is 53.2 Å². The summed E-state index contributed by atoms with van der Waals surface area (Å²) < 4.78 is 0. The number of nitrogens with one attached hydrogen (secondary N) is 7. The molecule has 60 heavy (non-hydrogen) atoms. The highest BCUT2D eigenvalue weighted by Gasteiger charge is 2.44. The molecule has 9 amide bonds. The number of carbonyl (C=O) groups excluding carboxylic acids is 10. The number of hydrogen-bond acceptors (Lipinski definition) is 11. The quantitative estimate of drug-likeness (QED) is 0.0645. The minimum absolute atomic E-state index is 0.00453. The van der Waals surface area contributed by atoms with Crippen LogP contribution in [0.5, 0.6) is 0 Å². The van der Waals surface area contributed by atoms with Gasteiger partial charge in [-0.2, -0.15) is 0 Å². The molecular formula is C38H62N12O10. The second-order valence-corrected chi connectivity index (χ2v) is 16.0. The summed E-state index contributed by atoms with van der Waals surface area (Å²) in [6.07, 6.45) is 1.50. The number of aliphatic imine (C=N–C) groups is 1. The van der Waals surface area contributed by atoms with Crippen molar-refractivity contribution in [2.75, 3.05) is 26.2 Å². The van der Waals surface area contributed by atoms with Crippen LogP contribution in [0.15, 0.2) is 4.99 Å². The molecule has 0 radical (unpaired) electrons. The smallest absolute Gasteiger partial charge is 0.246 e. The highest BCUT2D eigenvalue weighted by Crippen LogP contribution is 2.26. The zero-order valence-electron chi connectivity index (χ0n) is 35.3. The molecule has 0 aromatic heterocycles. The Morgan fingerprint density at radius 3 is 1.73 bits per heavy atom. The topological polar surface area (TPSA) is 326 Å². The van der Waals surface area contributed by atoms with Crippen molar-refractivity contribution in [3.8, 4) is 0 Å². The van der Waals surface area contributed by atoms with Gasteiger partial charge in [0.25, 0.3) is 0 Å². The summed E-state index contributed by atoms with van der Waals surface area (Å²) in [6, 6.07) is -9.23. The van der Waals surface area contributed by atoms with Crippen LogP contribution in [-0.4, -0.2) is 149 Å². The SMILES string of the molecule is CC(=O)C[C@@H]1NC(=O)CNC(=O)[C@H](CCCN=C(N)N)NC(=O)[C@H](C)NC(=O)[C@H](C)NC(=O)[C@H](C)NC(=O)[C@@H]2CCCN2C(=O)[C@H]2CCCN2C(=O)[C@H](CC(C)C)NC1=O. The van der Waals surface area contributed by atoms with Gasteiger partial charge in [-0.3, -0.25) is 52.9 Å². The van der Waals surface area contributed by atoms with Gasteiger partial charge in [-0.05, 0) is 78.6 Å². The van der Waals surface area contributed by atoms with E-state index in [0.717, 1.165) is 0 Å². The molecule has 3 fully saturated rings. The summed E-state index contributed by atoms with van der Waals surface area (Å²) in [4.78, 5) is 140. The van der Waals surface area contributed by atoms with Crippen LogP contribution in [0.4, 0.5) is 0 Å². The van der Waals surface area contributed by atoms with E-state index >= 15 is 0 Å². The van der Waals surface area contributed by atoms with Crippen molar-refractivity contribution in [1.82, 2.24) is 47.0 Å². The molecule has 0 unspecified atom stereocenters. The lowest BCUT2D eigenvalue weighted by atomic mass is 10.0. The lowest BCUT2D eigenvalue weighted by molar-refractivity contribution is -0.148. The van der Waals surface area contributed by atoms with Crippen molar-refractivity contribution in [1.29, 1.82) is 0 Å². The number of guanidine groups is 1. The number of hydrogen-bond donors (Lipinski definition) is 9. The Morgan fingerprint density at radius 2 is 1.18 bits per heavy atom. The first-order valence-electron chi connectivity index (χ1n) is 20.4. The standard InChI is InChI=1S/C38H62N12O10/c1-19(2)16-26-36(59)50-15-9-12-28(50)37(60)49-14-8-11-27(49)35(58)45-22(5)31(54)43-21(4)30(53)44-23(6)32(55)47-24(10-7-13-41-38(39)40)33(56)42-18-29(52)46-25(17-20(3)51)34(57)48-26/h19,21-28H,7-18H2,1-6H3,(H,42,56)(H,43,54)(H,44,53)(H,45,58)(H,46,52)(H,47,55)(H,48,57)(H4,39,40,41)/t21-,22-,23-,24-,25-,26-,27-,28+/m0/s1. The van der Waals surface area contributed by atoms with E-state index in [1.165, 1.54) is 37.5 Å². The zero-order chi connectivity index (χ0) is 44.8. The van der Waals surface area contributed by atoms with Crippen LogP contribution in [0.2, 0.25) is 0 Å². The molecule has 3 aliphatic heterocycles. The second-order valence-electron chi connectivity index (χ2n) is 16.0. The van der Waals surface area contributed by atoms with Gasteiger partial charge in [0.15, 0.2) is 5.96 Å². The normalized spacial score (nSPS) is 28.6. The molecule has 3 aliphatic rings. The third-order valence-electron chi connectivity index (χ3n) is 10.4. The number of ketones is 1. The van der Waals surface area contributed by atoms with Crippen LogP contribution in [0.25, 0.3) is 0 Å². The van der Waals surface area contributed by atoms with Gasteiger partial charge in [0.05, 0.1) is 6.54 Å². The average Bonchev–Trinajstić information content (AvgIpc) is 3.87. The number of fused-ring (bicyclic) bond motifs is 2. The summed E-state index contributed by atoms with van der Waals surface area (Å²) >= 11 is 0. The molecular weight excluding hydrogens is 784 g/mol. The molecule has 3 heterocycles. The maximum Gasteiger partial charge on any atom is 0.246 e. The molecule has 8 atom stereocenters. The Morgan fingerprint density at radius 1 is 0.667 bits per heavy atom. The second kappa shape index (κ2) is 22.5. The maximum absolute atomic E-state index is 14.2. The average molecular weight is 847 g/mol. The summed E-state index contributed by atoms with van der Waals surface area (Å²) in [7, 11) is 0. The van der Waals surface area contributed by atoms with E-state index in [-0.39, 0.29) is 50.8 Å². The van der Waals surface area contributed by atoms with Crippen molar-refractivity contribution < 1.29 is 47.9 Å². The number of amides is 9. The van der Waals surface area contributed by atoms with E-state index in [0.29, 0.717) is 25.7 Å². The first-order chi connectivity index (χ1) is 28.2. The van der Waals surface area contributed by atoms with Crippen LogP contribution in [0.1, 0.15) is 92.9 Å². The Bertz CT molecular complexity index is 1680. The largest absolute Gasteiger partial charge is 0.370 e. The van der Waals surface area contributed by atoms with Crippen LogP contribution in [0, 0.1) is 5.92 Å². The number of nitrogens with zero attached hydrogens (tertiary/aromatic N) is 3. The molecule has 0 aliphatic carbocycles. The Balaban J connectivity index is 1.96. The molecule has 0 spiro atoms. The minimum Gasteiger partial charge on any atom is -0.370 e. The molecule has 0 aromatic rings. The molecule has 0 saturated carbocycles. The lowest BCUT2D eigenvalue weighted by Crippen LogP contribution is -2.59. The van der Waals surface area contributed by atoms with Crippen LogP contribution < -0.4 is 48.7 Å². The summed E-state index contributed by atoms with van der Waals surface area (Å²) in [6.45, 7) is 8.88. The maximum atomic E-state index is 14.2.